The SMILES string of the molecule is CCCCCCCCCCCC(=O)NC(CCCCN)C(=O)O. The molecule has 5 heteroatoms. The molecule has 0 fully saturated rings. The van der Waals surface area contributed by atoms with E-state index in [2.05, 4.69) is 12.2 Å². The van der Waals surface area contributed by atoms with Gasteiger partial charge < -0.3 is 16.2 Å². The summed E-state index contributed by atoms with van der Waals surface area (Å²) >= 11 is 0. The maximum Gasteiger partial charge on any atom is 0.326 e. The number of unbranched alkanes of at least 4 members (excludes halogenated alkanes) is 9. The number of carboxylic acid groups (broad SMARTS) is 1. The third kappa shape index (κ3) is 14.2. The number of carboxylic acids is 1. The lowest BCUT2D eigenvalue weighted by molar-refractivity contribution is -0.142. The van der Waals surface area contributed by atoms with Crippen molar-refractivity contribution in [3.05, 3.63) is 0 Å². The van der Waals surface area contributed by atoms with Gasteiger partial charge in [0.2, 0.25) is 5.91 Å². The van der Waals surface area contributed by atoms with Crippen molar-refractivity contribution in [3.8, 4) is 0 Å². The monoisotopic (exact) mass is 328 g/mol. The highest BCUT2D eigenvalue weighted by Gasteiger charge is 2.18. The predicted molar refractivity (Wildman–Crippen MR) is 94.3 cm³/mol. The van der Waals surface area contributed by atoms with Gasteiger partial charge in [-0.3, -0.25) is 4.79 Å². The van der Waals surface area contributed by atoms with Crippen molar-refractivity contribution in [1.29, 1.82) is 0 Å². The Balaban J connectivity index is 3.61. The zero-order valence-corrected chi connectivity index (χ0v) is 14.8. The average molecular weight is 328 g/mol. The molecular weight excluding hydrogens is 292 g/mol. The van der Waals surface area contributed by atoms with Crippen LogP contribution in [0.4, 0.5) is 0 Å². The highest BCUT2D eigenvalue weighted by Crippen LogP contribution is 2.10. The van der Waals surface area contributed by atoms with E-state index in [4.69, 9.17) is 10.8 Å². The molecule has 1 atom stereocenters. The first-order valence-corrected chi connectivity index (χ1v) is 9.34. The Morgan fingerprint density at radius 1 is 0.913 bits per heavy atom. The van der Waals surface area contributed by atoms with Gasteiger partial charge in [-0.2, -0.15) is 0 Å². The Hall–Kier alpha value is -1.10. The average Bonchev–Trinajstić information content (AvgIpc) is 2.52. The minimum atomic E-state index is -0.956. The van der Waals surface area contributed by atoms with E-state index >= 15 is 0 Å². The Morgan fingerprint density at radius 3 is 2.00 bits per heavy atom. The highest BCUT2D eigenvalue weighted by atomic mass is 16.4. The molecule has 1 unspecified atom stereocenters. The van der Waals surface area contributed by atoms with Gasteiger partial charge in [0.25, 0.3) is 0 Å². The van der Waals surface area contributed by atoms with Crippen LogP contribution in [0.3, 0.4) is 0 Å². The van der Waals surface area contributed by atoms with Crippen LogP contribution in [0, 0.1) is 0 Å². The number of hydrogen-bond donors (Lipinski definition) is 3. The summed E-state index contributed by atoms with van der Waals surface area (Å²) in [6.45, 7) is 2.77. The third-order valence-electron chi connectivity index (χ3n) is 4.09. The summed E-state index contributed by atoms with van der Waals surface area (Å²) in [5, 5.41) is 11.7. The van der Waals surface area contributed by atoms with Crippen LogP contribution >= 0.6 is 0 Å². The molecule has 0 aromatic heterocycles. The maximum absolute atomic E-state index is 11.8. The second-order valence-electron chi connectivity index (χ2n) is 6.32. The lowest BCUT2D eigenvalue weighted by atomic mass is 10.1. The topological polar surface area (TPSA) is 92.4 Å². The van der Waals surface area contributed by atoms with E-state index in [9.17, 15) is 9.59 Å². The van der Waals surface area contributed by atoms with Gasteiger partial charge in [-0.15, -0.1) is 0 Å². The molecule has 0 spiro atoms. The summed E-state index contributed by atoms with van der Waals surface area (Å²) in [7, 11) is 0. The van der Waals surface area contributed by atoms with Gasteiger partial charge in [-0.05, 0) is 32.2 Å². The van der Waals surface area contributed by atoms with Gasteiger partial charge in [0, 0.05) is 6.42 Å². The molecule has 0 bridgehead atoms. The van der Waals surface area contributed by atoms with Gasteiger partial charge in [-0.25, -0.2) is 4.79 Å². The molecule has 0 aliphatic rings. The minimum absolute atomic E-state index is 0.145. The molecule has 136 valence electrons. The Kier molecular flexibility index (Phi) is 15.0. The first-order valence-electron chi connectivity index (χ1n) is 9.34. The highest BCUT2D eigenvalue weighted by molar-refractivity contribution is 5.83. The smallest absolute Gasteiger partial charge is 0.326 e. The van der Waals surface area contributed by atoms with Crippen LogP contribution in [-0.2, 0) is 9.59 Å². The van der Waals surface area contributed by atoms with E-state index in [0.717, 1.165) is 32.1 Å². The molecule has 23 heavy (non-hydrogen) atoms. The molecule has 0 heterocycles. The van der Waals surface area contributed by atoms with Crippen LogP contribution in [0.25, 0.3) is 0 Å². The molecule has 0 radical (unpaired) electrons. The van der Waals surface area contributed by atoms with Crippen LogP contribution in [0.2, 0.25) is 0 Å². The summed E-state index contributed by atoms with van der Waals surface area (Å²) in [5.41, 5.74) is 5.40. The predicted octanol–water partition coefficient (Wildman–Crippen LogP) is 3.61. The Labute approximate surface area is 141 Å². The second-order valence-corrected chi connectivity index (χ2v) is 6.32. The van der Waals surface area contributed by atoms with Gasteiger partial charge in [0.1, 0.15) is 6.04 Å². The van der Waals surface area contributed by atoms with Gasteiger partial charge >= 0.3 is 5.97 Å². The molecule has 0 rings (SSSR count). The van der Waals surface area contributed by atoms with Crippen molar-refractivity contribution >= 4 is 11.9 Å². The summed E-state index contributed by atoms with van der Waals surface area (Å²) in [6, 6.07) is -0.771. The molecule has 0 aliphatic heterocycles. The lowest BCUT2D eigenvalue weighted by Gasteiger charge is -2.14. The normalized spacial score (nSPS) is 12.1. The standard InChI is InChI=1S/C18H36N2O3/c1-2-3-4-5-6-7-8-9-10-14-17(21)20-16(18(22)23)13-11-12-15-19/h16H,2-15,19H2,1H3,(H,20,21)(H,22,23). The lowest BCUT2D eigenvalue weighted by Crippen LogP contribution is -2.40. The van der Waals surface area contributed by atoms with Gasteiger partial charge in [0.15, 0.2) is 0 Å². The molecule has 0 aromatic rings. The number of rotatable bonds is 16. The van der Waals surface area contributed by atoms with Crippen molar-refractivity contribution in [2.75, 3.05) is 6.54 Å². The van der Waals surface area contributed by atoms with Gasteiger partial charge in [0.05, 0.1) is 0 Å². The Bertz CT molecular complexity index is 309. The summed E-state index contributed by atoms with van der Waals surface area (Å²) in [4.78, 5) is 22.9. The van der Waals surface area contributed by atoms with E-state index in [1.165, 1.54) is 38.5 Å². The number of hydrogen-bond acceptors (Lipinski definition) is 3. The first kappa shape index (κ1) is 21.9. The van der Waals surface area contributed by atoms with Crippen molar-refractivity contribution < 1.29 is 14.7 Å². The number of carbonyl (C=O) groups excluding carboxylic acids is 1. The largest absolute Gasteiger partial charge is 0.480 e. The minimum Gasteiger partial charge on any atom is -0.480 e. The molecule has 4 N–H and O–H groups in total. The number of nitrogens with two attached hydrogens (primary N) is 1. The van der Waals surface area contributed by atoms with E-state index in [0.29, 0.717) is 19.4 Å². The number of nitrogens with one attached hydrogen (secondary N) is 1. The van der Waals surface area contributed by atoms with Crippen molar-refractivity contribution in [2.24, 2.45) is 5.73 Å². The van der Waals surface area contributed by atoms with E-state index < -0.39 is 12.0 Å². The zero-order chi connectivity index (χ0) is 17.3. The molecule has 0 saturated heterocycles. The van der Waals surface area contributed by atoms with Crippen LogP contribution < -0.4 is 11.1 Å². The molecule has 1 amide bonds. The fourth-order valence-corrected chi connectivity index (χ4v) is 2.61. The van der Waals surface area contributed by atoms with Crippen LogP contribution in [0.5, 0.6) is 0 Å². The first-order chi connectivity index (χ1) is 11.1. The fourth-order valence-electron chi connectivity index (χ4n) is 2.61. The van der Waals surface area contributed by atoms with Crippen molar-refractivity contribution in [2.45, 2.75) is 96.4 Å². The molecule has 0 saturated carbocycles. The van der Waals surface area contributed by atoms with Crippen molar-refractivity contribution in [3.63, 3.8) is 0 Å². The number of carbonyl (C=O) groups is 2. The number of amides is 1. The molecule has 0 aromatic carbocycles. The number of aliphatic carboxylic acids is 1. The van der Waals surface area contributed by atoms with Crippen LogP contribution in [0.15, 0.2) is 0 Å². The molecule has 5 nitrogen and oxygen atoms in total. The third-order valence-corrected chi connectivity index (χ3v) is 4.09. The summed E-state index contributed by atoms with van der Waals surface area (Å²) in [5.74, 6) is -1.10. The van der Waals surface area contributed by atoms with Gasteiger partial charge in [-0.1, -0.05) is 58.3 Å². The van der Waals surface area contributed by atoms with Crippen LogP contribution in [0.1, 0.15) is 90.4 Å². The van der Waals surface area contributed by atoms with E-state index in [1.807, 2.05) is 0 Å². The summed E-state index contributed by atoms with van der Waals surface area (Å²) < 4.78 is 0. The quantitative estimate of drug-likeness (QED) is 0.377. The fraction of sp³-hybridized carbons (Fsp3) is 0.889. The van der Waals surface area contributed by atoms with Crippen molar-refractivity contribution in [1.82, 2.24) is 5.32 Å². The summed E-state index contributed by atoms with van der Waals surface area (Å²) in [6.07, 6.45) is 13.2. The molecule has 0 aliphatic carbocycles. The zero-order valence-electron chi connectivity index (χ0n) is 14.8. The molecular formula is C18H36N2O3. The van der Waals surface area contributed by atoms with Crippen LogP contribution in [-0.4, -0.2) is 29.6 Å². The second kappa shape index (κ2) is 15.8. The maximum atomic E-state index is 11.8. The van der Waals surface area contributed by atoms with E-state index in [-0.39, 0.29) is 5.91 Å². The Morgan fingerprint density at radius 2 is 1.48 bits per heavy atom. The van der Waals surface area contributed by atoms with E-state index in [1.54, 1.807) is 0 Å².